The Morgan fingerprint density at radius 1 is 1.55 bits per heavy atom. The van der Waals surface area contributed by atoms with Gasteiger partial charge in [0.15, 0.2) is 10.8 Å². The summed E-state index contributed by atoms with van der Waals surface area (Å²) in [6.07, 6.45) is 4.66. The van der Waals surface area contributed by atoms with Gasteiger partial charge in [0.05, 0.1) is 10.9 Å². The lowest BCUT2D eigenvalue weighted by molar-refractivity contribution is -0.144. The van der Waals surface area contributed by atoms with Gasteiger partial charge in [-0.2, -0.15) is 0 Å². The number of aryl methyl sites for hydroxylation is 1. The molecule has 0 aromatic carbocycles. The van der Waals surface area contributed by atoms with Crippen LogP contribution in [0.25, 0.3) is 11.2 Å². The van der Waals surface area contributed by atoms with Crippen LogP contribution in [-0.4, -0.2) is 32.8 Å². The molecule has 1 aliphatic carbocycles. The highest BCUT2D eigenvalue weighted by Gasteiger charge is 2.57. The van der Waals surface area contributed by atoms with E-state index >= 15 is 0 Å². The summed E-state index contributed by atoms with van der Waals surface area (Å²) in [5.41, 5.74) is 2.75. The molecule has 104 valence electrons. The number of fused-ring (bicyclic) bond motifs is 1. The molecule has 4 rings (SSSR count). The molecule has 1 atom stereocenters. The molecule has 1 saturated heterocycles. The number of imidazole rings is 1. The van der Waals surface area contributed by atoms with Crippen molar-refractivity contribution < 1.29 is 9.53 Å². The summed E-state index contributed by atoms with van der Waals surface area (Å²) >= 11 is 1.60. The maximum absolute atomic E-state index is 11.7. The molecule has 20 heavy (non-hydrogen) atoms. The average molecular weight is 289 g/mol. The average Bonchev–Trinajstić information content (AvgIpc) is 2.96. The van der Waals surface area contributed by atoms with Crippen molar-refractivity contribution in [3.8, 4) is 0 Å². The van der Waals surface area contributed by atoms with E-state index in [0.29, 0.717) is 0 Å². The van der Waals surface area contributed by atoms with Crippen molar-refractivity contribution in [1.29, 1.82) is 0 Å². The van der Waals surface area contributed by atoms with Gasteiger partial charge in [-0.05, 0) is 31.4 Å². The monoisotopic (exact) mass is 289 g/mol. The Kier molecular flexibility index (Phi) is 2.57. The van der Waals surface area contributed by atoms with Crippen molar-refractivity contribution in [1.82, 2.24) is 15.0 Å². The lowest BCUT2D eigenvalue weighted by atomic mass is 10.0. The molecule has 3 heterocycles. The molecular formula is C14H15N3O2S. The lowest BCUT2D eigenvalue weighted by Gasteiger charge is -2.06. The zero-order valence-electron chi connectivity index (χ0n) is 11.2. The van der Waals surface area contributed by atoms with Crippen LogP contribution in [0.3, 0.4) is 0 Å². The number of aromatic amines is 1. The Bertz CT molecular complexity index is 693. The molecule has 2 aliphatic rings. The molecule has 0 bridgehead atoms. The Morgan fingerprint density at radius 3 is 3.10 bits per heavy atom. The van der Waals surface area contributed by atoms with E-state index in [2.05, 4.69) is 15.0 Å². The molecule has 6 heteroatoms. The smallest absolute Gasteiger partial charge is 0.312 e. The molecule has 2 aromatic rings. The molecule has 1 aliphatic heterocycles. The molecule has 1 unspecified atom stereocenters. The summed E-state index contributed by atoms with van der Waals surface area (Å²) in [6, 6.07) is 1.96. The van der Waals surface area contributed by atoms with Crippen molar-refractivity contribution in [2.45, 2.75) is 37.4 Å². The fourth-order valence-electron chi connectivity index (χ4n) is 2.74. The molecule has 1 spiro atoms. The minimum Gasteiger partial charge on any atom is -0.461 e. The van der Waals surface area contributed by atoms with Gasteiger partial charge < -0.3 is 9.72 Å². The lowest BCUT2D eigenvalue weighted by Crippen LogP contribution is -2.09. The predicted octanol–water partition coefficient (Wildman–Crippen LogP) is 2.45. The van der Waals surface area contributed by atoms with Crippen LogP contribution in [0.4, 0.5) is 0 Å². The third kappa shape index (κ3) is 1.90. The van der Waals surface area contributed by atoms with Crippen molar-refractivity contribution in [3.05, 3.63) is 17.8 Å². The van der Waals surface area contributed by atoms with Gasteiger partial charge in [-0.3, -0.25) is 4.79 Å². The molecule has 1 N–H and O–H groups in total. The molecule has 2 aromatic heterocycles. The topological polar surface area (TPSA) is 67.9 Å². The number of nitrogens with zero attached hydrogens (tertiary/aromatic N) is 2. The van der Waals surface area contributed by atoms with Crippen LogP contribution in [0.2, 0.25) is 0 Å². The predicted molar refractivity (Wildman–Crippen MR) is 75.5 cm³/mol. The van der Waals surface area contributed by atoms with Crippen LogP contribution < -0.4 is 0 Å². The fraction of sp³-hybridized carbons (Fsp3) is 0.500. The second-order valence-electron chi connectivity index (χ2n) is 5.69. The number of thioether (sulfide) groups is 1. The summed E-state index contributed by atoms with van der Waals surface area (Å²) < 4.78 is 5.44. The van der Waals surface area contributed by atoms with Crippen LogP contribution in [0, 0.1) is 12.3 Å². The Hall–Kier alpha value is -1.56. The van der Waals surface area contributed by atoms with E-state index in [4.69, 9.17) is 4.74 Å². The number of cyclic esters (lactones) is 1. The van der Waals surface area contributed by atoms with Crippen molar-refractivity contribution in [3.63, 3.8) is 0 Å². The number of pyridine rings is 1. The zero-order chi connectivity index (χ0) is 13.7. The number of hydrogen-bond donors (Lipinski definition) is 1. The number of carbonyl (C=O) groups excluding carboxylic acids is 1. The number of H-pyrrole nitrogens is 1. The summed E-state index contributed by atoms with van der Waals surface area (Å²) in [5, 5.41) is 0.842. The summed E-state index contributed by atoms with van der Waals surface area (Å²) in [5.74, 6) is 0.761. The maximum atomic E-state index is 11.7. The highest BCUT2D eigenvalue weighted by molar-refractivity contribution is 7.99. The minimum atomic E-state index is -0.114. The first-order chi connectivity index (χ1) is 9.66. The molecule has 1 saturated carbocycles. The Labute approximate surface area is 120 Å². The minimum absolute atomic E-state index is 0.00483. The van der Waals surface area contributed by atoms with Crippen molar-refractivity contribution in [2.75, 3.05) is 5.75 Å². The highest BCUT2D eigenvalue weighted by atomic mass is 32.2. The summed E-state index contributed by atoms with van der Waals surface area (Å²) in [6.45, 7) is 2.03. The SMILES string of the molecule is Cc1ccnc2nc(SCC3CC4(CC4)C(=O)O3)[nH]c12. The van der Waals surface area contributed by atoms with Crippen LogP contribution in [0.5, 0.6) is 0 Å². The number of esters is 1. The van der Waals surface area contributed by atoms with Gasteiger partial charge >= 0.3 is 5.97 Å². The van der Waals surface area contributed by atoms with Crippen LogP contribution in [0.15, 0.2) is 17.4 Å². The number of carbonyl (C=O) groups is 1. The normalized spacial score (nSPS) is 23.4. The van der Waals surface area contributed by atoms with Gasteiger partial charge in [0, 0.05) is 18.4 Å². The largest absolute Gasteiger partial charge is 0.461 e. The van der Waals surface area contributed by atoms with Gasteiger partial charge in [-0.15, -0.1) is 0 Å². The fourth-order valence-corrected chi connectivity index (χ4v) is 3.60. The third-order valence-electron chi connectivity index (χ3n) is 4.16. The van der Waals surface area contributed by atoms with Crippen molar-refractivity contribution >= 4 is 28.9 Å². The van der Waals surface area contributed by atoms with Crippen molar-refractivity contribution in [2.24, 2.45) is 5.41 Å². The van der Waals surface area contributed by atoms with Gasteiger partial charge in [0.25, 0.3) is 0 Å². The van der Waals surface area contributed by atoms with E-state index in [0.717, 1.165) is 46.9 Å². The molecule has 2 fully saturated rings. The molecule has 0 amide bonds. The highest BCUT2D eigenvalue weighted by Crippen LogP contribution is 2.55. The molecular weight excluding hydrogens is 274 g/mol. The van der Waals surface area contributed by atoms with Gasteiger partial charge in [-0.1, -0.05) is 11.8 Å². The van der Waals surface area contributed by atoms with E-state index in [1.807, 2.05) is 13.0 Å². The number of rotatable bonds is 3. The van der Waals surface area contributed by atoms with Crippen LogP contribution in [0.1, 0.15) is 24.8 Å². The van der Waals surface area contributed by atoms with E-state index in [-0.39, 0.29) is 17.5 Å². The Balaban J connectivity index is 1.46. The van der Waals surface area contributed by atoms with Crippen LogP contribution >= 0.6 is 11.8 Å². The van der Waals surface area contributed by atoms with E-state index < -0.39 is 0 Å². The third-order valence-corrected chi connectivity index (χ3v) is 5.17. The van der Waals surface area contributed by atoms with Gasteiger partial charge in [-0.25, -0.2) is 9.97 Å². The summed E-state index contributed by atoms with van der Waals surface area (Å²) in [7, 11) is 0. The van der Waals surface area contributed by atoms with E-state index in [9.17, 15) is 4.79 Å². The molecule has 5 nitrogen and oxygen atoms in total. The van der Waals surface area contributed by atoms with Crippen LogP contribution in [-0.2, 0) is 9.53 Å². The number of hydrogen-bond acceptors (Lipinski definition) is 5. The first-order valence-electron chi connectivity index (χ1n) is 6.81. The van der Waals surface area contributed by atoms with Gasteiger partial charge in [0.1, 0.15) is 6.10 Å². The number of ether oxygens (including phenoxy) is 1. The second-order valence-corrected chi connectivity index (χ2v) is 6.70. The zero-order valence-corrected chi connectivity index (χ0v) is 12.0. The number of nitrogens with one attached hydrogen (secondary N) is 1. The quantitative estimate of drug-likeness (QED) is 0.694. The Morgan fingerprint density at radius 2 is 2.40 bits per heavy atom. The second kappa shape index (κ2) is 4.22. The van der Waals surface area contributed by atoms with E-state index in [1.165, 1.54) is 0 Å². The standard InChI is InChI=1S/C14H15N3O2S/c1-8-2-5-15-11-10(8)16-13(17-11)20-7-9-6-14(3-4-14)12(18)19-9/h2,5,9H,3-4,6-7H2,1H3,(H,15,16,17). The summed E-state index contributed by atoms with van der Waals surface area (Å²) in [4.78, 5) is 23.7. The molecule has 0 radical (unpaired) electrons. The van der Waals surface area contributed by atoms with Gasteiger partial charge in [0.2, 0.25) is 0 Å². The van der Waals surface area contributed by atoms with E-state index in [1.54, 1.807) is 18.0 Å². The maximum Gasteiger partial charge on any atom is 0.312 e. The first kappa shape index (κ1) is 12.2. The number of aromatic nitrogens is 3. The first-order valence-corrected chi connectivity index (χ1v) is 7.80.